The fourth-order valence-electron chi connectivity index (χ4n) is 3.38. The van der Waals surface area contributed by atoms with Crippen molar-refractivity contribution >= 4 is 35.6 Å². The SMILES string of the molecule is CC(O)C(NC(=O)C1CCCN1C(=O)C(N)CCC(N)=O)C(=O)NC(CCC(=O)O)C(=O)O. The van der Waals surface area contributed by atoms with Gasteiger partial charge in [0.2, 0.25) is 23.6 Å². The number of carboxylic acid groups (broad SMARTS) is 2. The van der Waals surface area contributed by atoms with Gasteiger partial charge in [-0.1, -0.05) is 0 Å². The third-order valence-electron chi connectivity index (χ3n) is 5.18. The van der Waals surface area contributed by atoms with Gasteiger partial charge in [0.1, 0.15) is 18.1 Å². The van der Waals surface area contributed by atoms with E-state index in [0.717, 1.165) is 0 Å². The third-order valence-corrected chi connectivity index (χ3v) is 5.18. The smallest absolute Gasteiger partial charge is 0.326 e. The maximum atomic E-state index is 12.8. The number of hydrogen-bond acceptors (Lipinski definition) is 8. The molecule has 186 valence electrons. The second-order valence-corrected chi connectivity index (χ2v) is 7.86. The summed E-state index contributed by atoms with van der Waals surface area (Å²) < 4.78 is 0. The van der Waals surface area contributed by atoms with E-state index in [1.165, 1.54) is 11.8 Å². The summed E-state index contributed by atoms with van der Waals surface area (Å²) in [6.45, 7) is 1.43. The molecule has 1 rings (SSSR count). The average Bonchev–Trinajstić information content (AvgIpc) is 3.21. The summed E-state index contributed by atoms with van der Waals surface area (Å²) >= 11 is 0. The zero-order chi connectivity index (χ0) is 25.3. The van der Waals surface area contributed by atoms with E-state index in [4.69, 9.17) is 16.6 Å². The van der Waals surface area contributed by atoms with Crippen LogP contribution in [0.4, 0.5) is 0 Å². The highest BCUT2D eigenvalue weighted by atomic mass is 16.4. The number of aliphatic carboxylic acids is 2. The largest absolute Gasteiger partial charge is 0.481 e. The van der Waals surface area contributed by atoms with Gasteiger partial charge < -0.3 is 42.3 Å². The van der Waals surface area contributed by atoms with Crippen LogP contribution in [0.3, 0.4) is 0 Å². The first kappa shape index (κ1) is 27.8. The quantitative estimate of drug-likeness (QED) is 0.142. The van der Waals surface area contributed by atoms with Gasteiger partial charge in [-0.2, -0.15) is 0 Å². The Morgan fingerprint density at radius 1 is 1.06 bits per heavy atom. The molecule has 14 heteroatoms. The van der Waals surface area contributed by atoms with E-state index < -0.39 is 78.7 Å². The Bertz CT molecular complexity index is 773. The van der Waals surface area contributed by atoms with Gasteiger partial charge in [0.05, 0.1) is 12.1 Å². The Kier molecular flexibility index (Phi) is 10.7. The Balaban J connectivity index is 2.85. The van der Waals surface area contributed by atoms with Crippen LogP contribution in [0.1, 0.15) is 45.4 Å². The number of amides is 4. The lowest BCUT2D eigenvalue weighted by Gasteiger charge is -2.29. The number of carbonyl (C=O) groups is 6. The predicted octanol–water partition coefficient (Wildman–Crippen LogP) is -3.13. The lowest BCUT2D eigenvalue weighted by atomic mass is 10.1. The first-order valence-electron chi connectivity index (χ1n) is 10.4. The lowest BCUT2D eigenvalue weighted by Crippen LogP contribution is -2.59. The number of primary amides is 1. The highest BCUT2D eigenvalue weighted by Crippen LogP contribution is 2.19. The van der Waals surface area contributed by atoms with Crippen molar-refractivity contribution in [2.45, 2.75) is 75.7 Å². The van der Waals surface area contributed by atoms with Crippen molar-refractivity contribution < 1.29 is 44.1 Å². The van der Waals surface area contributed by atoms with Gasteiger partial charge in [-0.05, 0) is 32.6 Å². The van der Waals surface area contributed by atoms with Gasteiger partial charge in [0.25, 0.3) is 0 Å². The van der Waals surface area contributed by atoms with Crippen LogP contribution in [0.25, 0.3) is 0 Å². The van der Waals surface area contributed by atoms with Crippen molar-refractivity contribution in [1.29, 1.82) is 0 Å². The molecule has 1 heterocycles. The second-order valence-electron chi connectivity index (χ2n) is 7.86. The minimum absolute atomic E-state index is 0.00459. The van der Waals surface area contributed by atoms with Gasteiger partial charge in [-0.25, -0.2) is 4.79 Å². The molecule has 0 bridgehead atoms. The van der Waals surface area contributed by atoms with Crippen LogP contribution in [-0.4, -0.2) is 92.6 Å². The number of nitrogens with zero attached hydrogens (tertiary/aromatic N) is 1. The molecule has 0 aromatic rings. The molecule has 1 fully saturated rings. The van der Waals surface area contributed by atoms with Crippen molar-refractivity contribution in [3.8, 4) is 0 Å². The van der Waals surface area contributed by atoms with Crippen molar-refractivity contribution in [2.24, 2.45) is 11.5 Å². The molecule has 0 radical (unpaired) electrons. The molecular weight excluding hydrogens is 442 g/mol. The van der Waals surface area contributed by atoms with E-state index in [9.17, 15) is 39.0 Å². The van der Waals surface area contributed by atoms with Crippen molar-refractivity contribution in [1.82, 2.24) is 15.5 Å². The molecule has 1 aliphatic heterocycles. The fraction of sp³-hybridized carbons (Fsp3) is 0.684. The normalized spacial score (nSPS) is 19.1. The van der Waals surface area contributed by atoms with Crippen LogP contribution >= 0.6 is 0 Å². The number of carboxylic acids is 2. The minimum Gasteiger partial charge on any atom is -0.481 e. The third kappa shape index (κ3) is 8.65. The first-order chi connectivity index (χ1) is 15.3. The molecular formula is C19H31N5O9. The van der Waals surface area contributed by atoms with E-state index in [2.05, 4.69) is 10.6 Å². The fourth-order valence-corrected chi connectivity index (χ4v) is 3.38. The number of nitrogens with two attached hydrogens (primary N) is 2. The zero-order valence-electron chi connectivity index (χ0n) is 18.2. The highest BCUT2D eigenvalue weighted by Gasteiger charge is 2.38. The number of carbonyl (C=O) groups excluding carboxylic acids is 4. The molecule has 0 spiro atoms. The Morgan fingerprint density at radius 2 is 1.70 bits per heavy atom. The molecule has 5 unspecified atom stereocenters. The molecule has 9 N–H and O–H groups in total. The first-order valence-corrected chi connectivity index (χ1v) is 10.4. The second kappa shape index (κ2) is 12.7. The Labute approximate surface area is 189 Å². The van der Waals surface area contributed by atoms with E-state index in [1.807, 2.05) is 0 Å². The highest BCUT2D eigenvalue weighted by molar-refractivity contribution is 5.94. The van der Waals surface area contributed by atoms with E-state index >= 15 is 0 Å². The summed E-state index contributed by atoms with van der Waals surface area (Å²) in [6.07, 6.45) is -1.69. The number of nitrogens with one attached hydrogen (secondary N) is 2. The number of likely N-dealkylation sites (tertiary alicyclic amines) is 1. The molecule has 1 saturated heterocycles. The predicted molar refractivity (Wildman–Crippen MR) is 111 cm³/mol. The molecule has 0 aromatic carbocycles. The zero-order valence-corrected chi connectivity index (χ0v) is 18.2. The summed E-state index contributed by atoms with van der Waals surface area (Å²) in [5.41, 5.74) is 10.9. The van der Waals surface area contributed by atoms with Gasteiger partial charge in [0, 0.05) is 19.4 Å². The standard InChI is InChI=1S/C19H31N5O9/c1-9(25)15(17(30)22-11(19(32)33)5-7-14(27)28)23-16(29)12-3-2-8-24(12)18(31)10(20)4-6-13(21)26/h9-12,15,25H,2-8,20H2,1H3,(H2,21,26)(H,22,30)(H,23,29)(H,27,28)(H,32,33). The summed E-state index contributed by atoms with van der Waals surface area (Å²) in [4.78, 5) is 72.1. The molecule has 0 saturated carbocycles. The average molecular weight is 473 g/mol. The molecule has 1 aliphatic rings. The van der Waals surface area contributed by atoms with Gasteiger partial charge in [-0.15, -0.1) is 0 Å². The maximum Gasteiger partial charge on any atom is 0.326 e. The van der Waals surface area contributed by atoms with Gasteiger partial charge in [0.15, 0.2) is 0 Å². The summed E-state index contributed by atoms with van der Waals surface area (Å²) in [5, 5.41) is 32.3. The minimum atomic E-state index is -1.55. The molecule has 4 amide bonds. The molecule has 5 atom stereocenters. The van der Waals surface area contributed by atoms with E-state index in [1.54, 1.807) is 0 Å². The Morgan fingerprint density at radius 3 is 2.21 bits per heavy atom. The monoisotopic (exact) mass is 473 g/mol. The maximum absolute atomic E-state index is 12.8. The van der Waals surface area contributed by atoms with E-state index in [-0.39, 0.29) is 25.8 Å². The summed E-state index contributed by atoms with van der Waals surface area (Å²) in [5.74, 6) is -5.69. The topological polar surface area (TPSA) is 242 Å². The molecule has 0 aromatic heterocycles. The van der Waals surface area contributed by atoms with Crippen LogP contribution < -0.4 is 22.1 Å². The van der Waals surface area contributed by atoms with Crippen LogP contribution in [0.2, 0.25) is 0 Å². The number of rotatable bonds is 13. The molecule has 0 aliphatic carbocycles. The van der Waals surface area contributed by atoms with Gasteiger partial charge >= 0.3 is 11.9 Å². The van der Waals surface area contributed by atoms with Crippen molar-refractivity contribution in [3.63, 3.8) is 0 Å². The molecule has 33 heavy (non-hydrogen) atoms. The molecule has 14 nitrogen and oxygen atoms in total. The van der Waals surface area contributed by atoms with Crippen molar-refractivity contribution in [2.75, 3.05) is 6.54 Å². The number of aliphatic hydroxyl groups excluding tert-OH is 1. The number of aliphatic hydroxyl groups is 1. The van der Waals surface area contributed by atoms with Crippen LogP contribution in [0, 0.1) is 0 Å². The lowest BCUT2D eigenvalue weighted by molar-refractivity contribution is -0.145. The Hall–Kier alpha value is -3.26. The van der Waals surface area contributed by atoms with Crippen LogP contribution in [-0.2, 0) is 28.8 Å². The summed E-state index contributed by atoms with van der Waals surface area (Å²) in [6, 6.07) is -5.12. The van der Waals surface area contributed by atoms with Gasteiger partial charge in [-0.3, -0.25) is 24.0 Å². The van der Waals surface area contributed by atoms with Crippen molar-refractivity contribution in [3.05, 3.63) is 0 Å². The van der Waals surface area contributed by atoms with Crippen LogP contribution in [0.15, 0.2) is 0 Å². The summed E-state index contributed by atoms with van der Waals surface area (Å²) in [7, 11) is 0. The number of hydrogen-bond donors (Lipinski definition) is 7. The van der Waals surface area contributed by atoms with E-state index in [0.29, 0.717) is 6.42 Å². The van der Waals surface area contributed by atoms with Crippen LogP contribution in [0.5, 0.6) is 0 Å².